The normalized spacial score (nSPS) is 19.8. The minimum absolute atomic E-state index is 0.195. The molecule has 0 unspecified atom stereocenters. The van der Waals surface area contributed by atoms with Crippen molar-refractivity contribution >= 4 is 11.5 Å². The Balaban J connectivity index is 1.81. The molecule has 1 saturated carbocycles. The molecule has 3 heteroatoms. The lowest BCUT2D eigenvalue weighted by Crippen LogP contribution is -2.24. The van der Waals surface area contributed by atoms with Gasteiger partial charge in [0.2, 0.25) is 0 Å². The van der Waals surface area contributed by atoms with E-state index in [4.69, 9.17) is 10.00 Å². The molecule has 1 aromatic rings. The number of nitriles is 1. The number of hydrogen-bond acceptors (Lipinski definition) is 3. The van der Waals surface area contributed by atoms with E-state index in [2.05, 4.69) is 18.2 Å². The first-order valence-electron chi connectivity index (χ1n) is 7.77. The highest BCUT2D eigenvalue weighted by Gasteiger charge is 2.50. The lowest BCUT2D eigenvalue weighted by Gasteiger charge is -2.19. The van der Waals surface area contributed by atoms with Gasteiger partial charge in [-0.1, -0.05) is 18.2 Å². The van der Waals surface area contributed by atoms with Crippen LogP contribution in [-0.2, 0) is 22.4 Å². The number of fused-ring (bicyclic) bond motifs is 1. The topological polar surface area (TPSA) is 50.1 Å². The van der Waals surface area contributed by atoms with Crippen molar-refractivity contribution in [1.29, 1.82) is 5.26 Å². The van der Waals surface area contributed by atoms with E-state index in [-0.39, 0.29) is 11.4 Å². The minimum atomic E-state index is -0.450. The quantitative estimate of drug-likeness (QED) is 0.615. The third-order valence-corrected chi connectivity index (χ3v) is 4.39. The molecule has 1 fully saturated rings. The van der Waals surface area contributed by atoms with Gasteiger partial charge in [0.25, 0.3) is 0 Å². The van der Waals surface area contributed by atoms with Gasteiger partial charge >= 0.3 is 5.97 Å². The summed E-state index contributed by atoms with van der Waals surface area (Å²) >= 11 is 0. The first kappa shape index (κ1) is 14.8. The maximum absolute atomic E-state index is 12.0. The van der Waals surface area contributed by atoms with E-state index in [0.717, 1.165) is 24.8 Å². The summed E-state index contributed by atoms with van der Waals surface area (Å²) in [4.78, 5) is 12.0. The fourth-order valence-electron chi connectivity index (χ4n) is 3.35. The molecule has 0 aromatic heterocycles. The maximum atomic E-state index is 12.0. The molecule has 0 aliphatic heterocycles. The van der Waals surface area contributed by atoms with Crippen molar-refractivity contribution in [3.63, 3.8) is 0 Å². The number of rotatable bonds is 2. The molecule has 0 N–H and O–H groups in total. The first-order chi connectivity index (χ1) is 10.3. The Morgan fingerprint density at radius 3 is 2.73 bits per heavy atom. The summed E-state index contributed by atoms with van der Waals surface area (Å²) in [7, 11) is 0. The van der Waals surface area contributed by atoms with Gasteiger partial charge in [-0.3, -0.25) is 4.79 Å². The molecule has 0 atom stereocenters. The zero-order valence-electron chi connectivity index (χ0n) is 13.4. The van der Waals surface area contributed by atoms with Crippen LogP contribution in [0, 0.1) is 16.7 Å². The number of carbonyl (C=O) groups excluding carboxylic acids is 1. The second-order valence-electron chi connectivity index (χ2n) is 7.40. The van der Waals surface area contributed by atoms with Crippen molar-refractivity contribution in [1.82, 2.24) is 0 Å². The molecule has 0 bridgehead atoms. The van der Waals surface area contributed by atoms with Gasteiger partial charge in [0.15, 0.2) is 0 Å². The number of carbonyl (C=O) groups is 1. The predicted octanol–water partition coefficient (Wildman–Crippen LogP) is 3.81. The lowest BCUT2D eigenvalue weighted by molar-refractivity contribution is -0.153. The van der Waals surface area contributed by atoms with Crippen LogP contribution in [0.4, 0.5) is 0 Å². The van der Waals surface area contributed by atoms with Gasteiger partial charge in [0, 0.05) is 11.5 Å². The SMILES string of the molecule is CC(C)(C)OC(=O)Cc1ccc2c(c1)CC1(CC1)/C2=C\C#N. The van der Waals surface area contributed by atoms with Crippen LogP contribution in [0.1, 0.15) is 50.3 Å². The number of hydrogen-bond donors (Lipinski definition) is 0. The van der Waals surface area contributed by atoms with Crippen molar-refractivity contribution in [3.8, 4) is 6.07 Å². The number of nitrogens with zero attached hydrogens (tertiary/aromatic N) is 1. The Morgan fingerprint density at radius 2 is 2.14 bits per heavy atom. The monoisotopic (exact) mass is 295 g/mol. The van der Waals surface area contributed by atoms with Gasteiger partial charge < -0.3 is 4.74 Å². The molecular formula is C19H21NO2. The zero-order valence-corrected chi connectivity index (χ0v) is 13.4. The lowest BCUT2D eigenvalue weighted by atomic mass is 9.96. The van der Waals surface area contributed by atoms with E-state index < -0.39 is 5.60 Å². The summed E-state index contributed by atoms with van der Waals surface area (Å²) in [5.74, 6) is -0.195. The summed E-state index contributed by atoms with van der Waals surface area (Å²) in [5, 5.41) is 9.01. The number of ether oxygens (including phenoxy) is 1. The van der Waals surface area contributed by atoms with E-state index in [0.29, 0.717) is 6.42 Å². The van der Waals surface area contributed by atoms with E-state index >= 15 is 0 Å². The van der Waals surface area contributed by atoms with Crippen LogP contribution in [0.5, 0.6) is 0 Å². The standard InChI is InChI=1S/C19H21NO2/c1-18(2,3)22-17(21)11-13-4-5-15-14(10-13)12-19(7-8-19)16(15)6-9-20/h4-6,10H,7-8,11-12H2,1-3H3/b16-6-. The molecule has 22 heavy (non-hydrogen) atoms. The summed E-state index contributed by atoms with van der Waals surface area (Å²) in [6, 6.07) is 8.33. The van der Waals surface area contributed by atoms with Gasteiger partial charge in [-0.05, 0) is 62.3 Å². The highest BCUT2D eigenvalue weighted by molar-refractivity contribution is 5.82. The summed E-state index contributed by atoms with van der Waals surface area (Å²) in [6.45, 7) is 5.64. The molecule has 0 saturated heterocycles. The molecule has 0 amide bonds. The Morgan fingerprint density at radius 1 is 1.41 bits per heavy atom. The Labute approximate surface area is 131 Å². The van der Waals surface area contributed by atoms with Crippen LogP contribution in [0.2, 0.25) is 0 Å². The fourth-order valence-corrected chi connectivity index (χ4v) is 3.35. The molecule has 1 aromatic carbocycles. The molecule has 0 heterocycles. The fraction of sp³-hybridized carbons (Fsp3) is 0.474. The Hall–Kier alpha value is -2.08. The third-order valence-electron chi connectivity index (χ3n) is 4.39. The van der Waals surface area contributed by atoms with Gasteiger partial charge in [-0.2, -0.15) is 5.26 Å². The second-order valence-corrected chi connectivity index (χ2v) is 7.40. The molecule has 1 spiro atoms. The van der Waals surface area contributed by atoms with Gasteiger partial charge in [0.05, 0.1) is 12.5 Å². The number of allylic oxidation sites excluding steroid dienone is 2. The van der Waals surface area contributed by atoms with Crippen LogP contribution in [0.3, 0.4) is 0 Å². The summed E-state index contributed by atoms with van der Waals surface area (Å²) in [5.41, 5.74) is 4.39. The zero-order chi connectivity index (χ0) is 16.0. The number of esters is 1. The van der Waals surface area contributed by atoms with Crippen LogP contribution in [-0.4, -0.2) is 11.6 Å². The van der Waals surface area contributed by atoms with E-state index in [1.54, 1.807) is 6.08 Å². The average molecular weight is 295 g/mol. The summed E-state index contributed by atoms with van der Waals surface area (Å²) in [6.07, 6.45) is 5.33. The molecule has 114 valence electrons. The van der Waals surface area contributed by atoms with Crippen molar-refractivity contribution in [3.05, 3.63) is 41.0 Å². The molecular weight excluding hydrogens is 274 g/mol. The van der Waals surface area contributed by atoms with Gasteiger partial charge in [0.1, 0.15) is 5.60 Å². The molecule has 2 aliphatic rings. The Bertz CT molecular complexity index is 697. The molecule has 2 aliphatic carbocycles. The predicted molar refractivity (Wildman–Crippen MR) is 85.0 cm³/mol. The van der Waals surface area contributed by atoms with Crippen molar-refractivity contribution < 1.29 is 9.53 Å². The maximum Gasteiger partial charge on any atom is 0.310 e. The first-order valence-corrected chi connectivity index (χ1v) is 7.77. The highest BCUT2D eigenvalue weighted by Crippen LogP contribution is 2.62. The van der Waals surface area contributed by atoms with Crippen molar-refractivity contribution in [2.75, 3.05) is 0 Å². The van der Waals surface area contributed by atoms with Crippen LogP contribution >= 0.6 is 0 Å². The highest BCUT2D eigenvalue weighted by atomic mass is 16.6. The largest absolute Gasteiger partial charge is 0.460 e. The van der Waals surface area contributed by atoms with Gasteiger partial charge in [-0.15, -0.1) is 0 Å². The Kier molecular flexibility index (Phi) is 3.36. The minimum Gasteiger partial charge on any atom is -0.460 e. The van der Waals surface area contributed by atoms with E-state index in [1.165, 1.54) is 16.7 Å². The smallest absolute Gasteiger partial charge is 0.310 e. The van der Waals surface area contributed by atoms with E-state index in [9.17, 15) is 4.79 Å². The van der Waals surface area contributed by atoms with Crippen molar-refractivity contribution in [2.45, 2.75) is 52.1 Å². The van der Waals surface area contributed by atoms with Crippen molar-refractivity contribution in [2.24, 2.45) is 5.41 Å². The van der Waals surface area contributed by atoms with Crippen LogP contribution in [0.25, 0.3) is 5.57 Å². The van der Waals surface area contributed by atoms with Gasteiger partial charge in [-0.25, -0.2) is 0 Å². The summed E-state index contributed by atoms with van der Waals surface area (Å²) < 4.78 is 5.38. The number of benzene rings is 1. The molecule has 3 rings (SSSR count). The van der Waals surface area contributed by atoms with Crippen LogP contribution in [0.15, 0.2) is 24.3 Å². The molecule has 3 nitrogen and oxygen atoms in total. The van der Waals surface area contributed by atoms with E-state index in [1.807, 2.05) is 26.8 Å². The van der Waals surface area contributed by atoms with Crippen LogP contribution < -0.4 is 0 Å². The molecule has 0 radical (unpaired) electrons. The second kappa shape index (κ2) is 4.98. The third kappa shape index (κ3) is 2.78. The average Bonchev–Trinajstić information content (AvgIpc) is 3.08.